The molecule has 2 heterocycles. The second-order valence-electron chi connectivity index (χ2n) is 5.51. The molecule has 1 aliphatic rings. The summed E-state index contributed by atoms with van der Waals surface area (Å²) in [5.74, 6) is -0.0702. The maximum atomic E-state index is 12.7. The molecular weight excluding hydrogens is 280 g/mol. The smallest absolute Gasteiger partial charge is 0.270 e. The van der Waals surface area contributed by atoms with E-state index in [4.69, 9.17) is 16.3 Å². The van der Waals surface area contributed by atoms with E-state index in [-0.39, 0.29) is 30.8 Å². The zero-order valence-electron chi connectivity index (χ0n) is 12.0. The Kier molecular flexibility index (Phi) is 4.73. The average Bonchev–Trinajstić information content (AvgIpc) is 2.79. The summed E-state index contributed by atoms with van der Waals surface area (Å²) in [7, 11) is 0. The topological polar surface area (TPSA) is 54.7 Å². The molecule has 2 atom stereocenters. The van der Waals surface area contributed by atoms with Crippen LogP contribution in [0.1, 0.15) is 37.3 Å². The Morgan fingerprint density at radius 3 is 2.85 bits per heavy atom. The number of carbonyl (C=O) groups is 1. The largest absolute Gasteiger partial charge is 0.394 e. The summed E-state index contributed by atoms with van der Waals surface area (Å²) in [6.07, 6.45) is 1.37. The molecule has 1 N–H and O–H groups in total. The Bertz CT molecular complexity index is 487. The lowest BCUT2D eigenvalue weighted by molar-refractivity contribution is -0.0860. The summed E-state index contributed by atoms with van der Waals surface area (Å²) >= 11 is 6.02. The normalized spacial score (nSPS) is 23.4. The molecule has 2 rings (SSSR count). The van der Waals surface area contributed by atoms with E-state index < -0.39 is 0 Å². The molecule has 2 unspecified atom stereocenters. The summed E-state index contributed by atoms with van der Waals surface area (Å²) in [5, 5.41) is 9.79. The average molecular weight is 301 g/mol. The summed E-state index contributed by atoms with van der Waals surface area (Å²) in [4.78, 5) is 14.4. The SMILES string of the molecule is CC1CN(C(=O)c2cc(Cl)cn2C(C)C)CC(CO)O1. The van der Waals surface area contributed by atoms with Crippen molar-refractivity contribution < 1.29 is 14.6 Å². The summed E-state index contributed by atoms with van der Waals surface area (Å²) in [6.45, 7) is 6.75. The van der Waals surface area contributed by atoms with E-state index in [9.17, 15) is 9.90 Å². The standard InChI is InChI=1S/C14H21ClN2O3/c1-9(2)17-6-11(15)4-13(17)14(19)16-5-10(3)20-12(7-16)8-18/h4,6,9-10,12,18H,5,7-8H2,1-3H3. The van der Waals surface area contributed by atoms with Gasteiger partial charge in [-0.15, -0.1) is 0 Å². The number of aliphatic hydroxyl groups is 1. The van der Waals surface area contributed by atoms with Gasteiger partial charge in [0.15, 0.2) is 0 Å². The van der Waals surface area contributed by atoms with Crippen molar-refractivity contribution in [3.05, 3.63) is 23.0 Å². The van der Waals surface area contributed by atoms with E-state index in [2.05, 4.69) is 0 Å². The highest BCUT2D eigenvalue weighted by molar-refractivity contribution is 6.31. The lowest BCUT2D eigenvalue weighted by atomic mass is 10.2. The Balaban J connectivity index is 2.22. The number of ether oxygens (including phenoxy) is 1. The van der Waals surface area contributed by atoms with Crippen LogP contribution in [0.4, 0.5) is 0 Å². The van der Waals surface area contributed by atoms with Crippen molar-refractivity contribution in [3.63, 3.8) is 0 Å². The second-order valence-corrected chi connectivity index (χ2v) is 5.94. The minimum Gasteiger partial charge on any atom is -0.394 e. The van der Waals surface area contributed by atoms with Gasteiger partial charge >= 0.3 is 0 Å². The Morgan fingerprint density at radius 1 is 1.55 bits per heavy atom. The van der Waals surface area contributed by atoms with Crippen LogP contribution in [-0.2, 0) is 4.74 Å². The number of carbonyl (C=O) groups excluding carboxylic acids is 1. The van der Waals surface area contributed by atoms with Crippen molar-refractivity contribution in [2.45, 2.75) is 39.0 Å². The van der Waals surface area contributed by atoms with Gasteiger partial charge in [-0.1, -0.05) is 11.6 Å². The van der Waals surface area contributed by atoms with Crippen LogP contribution in [0, 0.1) is 0 Å². The van der Waals surface area contributed by atoms with Gasteiger partial charge in [-0.25, -0.2) is 0 Å². The molecule has 0 spiro atoms. The molecule has 1 aromatic heterocycles. The van der Waals surface area contributed by atoms with Crippen molar-refractivity contribution in [2.75, 3.05) is 19.7 Å². The highest BCUT2D eigenvalue weighted by Gasteiger charge is 2.30. The molecule has 112 valence electrons. The summed E-state index contributed by atoms with van der Waals surface area (Å²) < 4.78 is 7.43. The molecule has 0 bridgehead atoms. The maximum Gasteiger partial charge on any atom is 0.270 e. The number of hydrogen-bond donors (Lipinski definition) is 1. The van der Waals surface area contributed by atoms with Gasteiger partial charge < -0.3 is 19.3 Å². The third-order valence-corrected chi connectivity index (χ3v) is 3.61. The van der Waals surface area contributed by atoms with Crippen molar-refractivity contribution in [2.24, 2.45) is 0 Å². The van der Waals surface area contributed by atoms with Crippen LogP contribution in [0.15, 0.2) is 12.3 Å². The Morgan fingerprint density at radius 2 is 2.25 bits per heavy atom. The van der Waals surface area contributed by atoms with E-state index in [0.29, 0.717) is 23.8 Å². The molecule has 20 heavy (non-hydrogen) atoms. The molecule has 1 amide bonds. The van der Waals surface area contributed by atoms with Crippen molar-refractivity contribution in [3.8, 4) is 0 Å². The third-order valence-electron chi connectivity index (χ3n) is 3.41. The van der Waals surface area contributed by atoms with Gasteiger partial charge in [-0.2, -0.15) is 0 Å². The molecule has 0 aromatic carbocycles. The second kappa shape index (κ2) is 6.16. The molecule has 1 saturated heterocycles. The fourth-order valence-electron chi connectivity index (χ4n) is 2.52. The lowest BCUT2D eigenvalue weighted by Gasteiger charge is -2.36. The predicted molar refractivity (Wildman–Crippen MR) is 77.2 cm³/mol. The fraction of sp³-hybridized carbons (Fsp3) is 0.643. The molecular formula is C14H21ClN2O3. The van der Waals surface area contributed by atoms with Crippen LogP contribution in [-0.4, -0.2) is 52.4 Å². The Labute approximate surface area is 124 Å². The minimum atomic E-state index is -0.319. The van der Waals surface area contributed by atoms with E-state index in [1.807, 2.05) is 25.3 Å². The van der Waals surface area contributed by atoms with Gasteiger partial charge in [0.05, 0.1) is 23.8 Å². The molecule has 0 saturated carbocycles. The lowest BCUT2D eigenvalue weighted by Crippen LogP contribution is -2.50. The van der Waals surface area contributed by atoms with Crippen LogP contribution >= 0.6 is 11.6 Å². The molecule has 1 aromatic rings. The maximum absolute atomic E-state index is 12.7. The first-order chi connectivity index (χ1) is 9.42. The first-order valence-corrected chi connectivity index (χ1v) is 7.23. The van der Waals surface area contributed by atoms with Gasteiger partial charge in [0, 0.05) is 25.3 Å². The molecule has 6 heteroatoms. The van der Waals surface area contributed by atoms with Gasteiger partial charge in [-0.05, 0) is 26.8 Å². The van der Waals surface area contributed by atoms with Crippen LogP contribution in [0.25, 0.3) is 0 Å². The Hall–Kier alpha value is -1.04. The van der Waals surface area contributed by atoms with E-state index in [1.165, 1.54) is 0 Å². The molecule has 0 aliphatic carbocycles. The van der Waals surface area contributed by atoms with Crippen molar-refractivity contribution in [1.82, 2.24) is 9.47 Å². The number of morpholine rings is 1. The van der Waals surface area contributed by atoms with Crippen molar-refractivity contribution in [1.29, 1.82) is 0 Å². The number of aliphatic hydroxyl groups excluding tert-OH is 1. The van der Waals surface area contributed by atoms with Crippen LogP contribution < -0.4 is 0 Å². The zero-order valence-corrected chi connectivity index (χ0v) is 12.8. The van der Waals surface area contributed by atoms with Crippen LogP contribution in [0.3, 0.4) is 0 Å². The first-order valence-electron chi connectivity index (χ1n) is 6.85. The van der Waals surface area contributed by atoms with E-state index in [1.54, 1.807) is 17.2 Å². The summed E-state index contributed by atoms with van der Waals surface area (Å²) in [5.41, 5.74) is 0.579. The molecule has 1 fully saturated rings. The van der Waals surface area contributed by atoms with Gasteiger partial charge in [0.2, 0.25) is 0 Å². The summed E-state index contributed by atoms with van der Waals surface area (Å²) in [6, 6.07) is 1.85. The highest BCUT2D eigenvalue weighted by Crippen LogP contribution is 2.22. The minimum absolute atomic E-state index is 0.0702. The quantitative estimate of drug-likeness (QED) is 0.928. The molecule has 1 aliphatic heterocycles. The molecule has 5 nitrogen and oxygen atoms in total. The monoisotopic (exact) mass is 300 g/mol. The number of nitrogens with zero attached hydrogens (tertiary/aromatic N) is 2. The van der Waals surface area contributed by atoms with E-state index in [0.717, 1.165) is 0 Å². The number of hydrogen-bond acceptors (Lipinski definition) is 3. The first kappa shape index (κ1) is 15.4. The fourth-order valence-corrected chi connectivity index (χ4v) is 2.73. The van der Waals surface area contributed by atoms with Gasteiger partial charge in [-0.3, -0.25) is 4.79 Å². The van der Waals surface area contributed by atoms with Gasteiger partial charge in [0.25, 0.3) is 5.91 Å². The predicted octanol–water partition coefficient (Wildman–Crippen LogP) is 1.94. The van der Waals surface area contributed by atoms with Crippen LogP contribution in [0.2, 0.25) is 5.02 Å². The number of rotatable bonds is 3. The van der Waals surface area contributed by atoms with E-state index >= 15 is 0 Å². The zero-order chi connectivity index (χ0) is 14.9. The highest BCUT2D eigenvalue weighted by atomic mass is 35.5. The molecule has 0 radical (unpaired) electrons. The van der Waals surface area contributed by atoms with Gasteiger partial charge in [0.1, 0.15) is 5.69 Å². The number of halogens is 1. The number of aromatic nitrogens is 1. The van der Waals surface area contributed by atoms with Crippen molar-refractivity contribution >= 4 is 17.5 Å². The number of amides is 1. The van der Waals surface area contributed by atoms with Crippen LogP contribution in [0.5, 0.6) is 0 Å². The third kappa shape index (κ3) is 3.16.